The van der Waals surface area contributed by atoms with Crippen LogP contribution in [0.3, 0.4) is 0 Å². The van der Waals surface area contributed by atoms with Crippen LogP contribution in [0.1, 0.15) is 24.7 Å². The van der Waals surface area contributed by atoms with E-state index in [-0.39, 0.29) is 50.4 Å². The summed E-state index contributed by atoms with van der Waals surface area (Å²) in [5.41, 5.74) is 1.02. The Balaban J connectivity index is 1.56. The van der Waals surface area contributed by atoms with Gasteiger partial charge < -0.3 is 9.94 Å². The van der Waals surface area contributed by atoms with E-state index < -0.39 is 18.4 Å². The summed E-state index contributed by atoms with van der Waals surface area (Å²) in [5.74, 6) is -0.752. The molecule has 4 aromatic heterocycles. The largest absolute Gasteiger partial charge is 0.618 e. The summed E-state index contributed by atoms with van der Waals surface area (Å²) in [4.78, 5) is 0. The van der Waals surface area contributed by atoms with E-state index in [1.807, 2.05) is 0 Å². The van der Waals surface area contributed by atoms with Gasteiger partial charge in [-0.25, -0.2) is 9.07 Å². The highest BCUT2D eigenvalue weighted by Crippen LogP contribution is 2.34. The maximum atomic E-state index is 15.2. The monoisotopic (exact) mass is 579 g/mol. The van der Waals surface area contributed by atoms with Gasteiger partial charge in [0, 0.05) is 38.0 Å². The Morgan fingerprint density at radius 1 is 1.08 bits per heavy atom. The standard InChI is InChI=1S/C23H18Cl2F3N9O2/c1-39-7-6-17(34-10-14(8-30-34)22-16(25)9-31-37(22)23(27)28)18-4-2-13(11-36(18)38)20-19(35-12-29-32-33-35)5-3-15(24)21(20)26/h2-5,8-12,17,23H,6-7H2,1H3/t17-/m1/s1. The first-order chi connectivity index (χ1) is 18.8. The van der Waals surface area contributed by atoms with E-state index in [4.69, 9.17) is 27.9 Å². The fraction of sp³-hybridized carbons (Fsp3) is 0.217. The average Bonchev–Trinajstić information content (AvgIpc) is 3.68. The number of alkyl halides is 2. The van der Waals surface area contributed by atoms with E-state index in [9.17, 15) is 14.0 Å². The maximum Gasteiger partial charge on any atom is 0.333 e. The molecule has 39 heavy (non-hydrogen) atoms. The summed E-state index contributed by atoms with van der Waals surface area (Å²) in [6, 6.07) is 5.29. The van der Waals surface area contributed by atoms with Crippen molar-refractivity contribution in [1.82, 2.24) is 39.8 Å². The van der Waals surface area contributed by atoms with Crippen LogP contribution in [0, 0.1) is 11.0 Å². The Morgan fingerprint density at radius 2 is 1.90 bits per heavy atom. The fourth-order valence-corrected chi connectivity index (χ4v) is 4.61. The maximum absolute atomic E-state index is 15.2. The summed E-state index contributed by atoms with van der Waals surface area (Å²) >= 11 is 12.1. The van der Waals surface area contributed by atoms with Crippen LogP contribution in [0.5, 0.6) is 0 Å². The minimum Gasteiger partial charge on any atom is -0.618 e. The van der Waals surface area contributed by atoms with Gasteiger partial charge in [-0.1, -0.05) is 23.2 Å². The SMILES string of the molecule is COCC[C@H](c1ccc(-c2c(-n3cnnn3)ccc(Cl)c2F)c[n+]1[O-])n1cc(-c2c(Cl)cnn2C(F)F)cn1. The van der Waals surface area contributed by atoms with Crippen LogP contribution in [0.4, 0.5) is 13.2 Å². The molecular formula is C23H18Cl2F3N9O2. The minimum absolute atomic E-state index is 0.0136. The molecule has 4 heterocycles. The summed E-state index contributed by atoms with van der Waals surface area (Å²) in [5, 5.41) is 32.1. The zero-order valence-corrected chi connectivity index (χ0v) is 21.5. The molecule has 0 aliphatic carbocycles. The van der Waals surface area contributed by atoms with Crippen molar-refractivity contribution in [2.75, 3.05) is 13.7 Å². The number of benzene rings is 1. The molecule has 0 aliphatic rings. The predicted molar refractivity (Wildman–Crippen MR) is 133 cm³/mol. The molecule has 0 amide bonds. The zero-order chi connectivity index (χ0) is 27.7. The van der Waals surface area contributed by atoms with E-state index in [0.29, 0.717) is 15.8 Å². The number of methoxy groups -OCH3 is 1. The van der Waals surface area contributed by atoms with E-state index in [1.54, 1.807) is 6.07 Å². The molecule has 0 N–H and O–H groups in total. The van der Waals surface area contributed by atoms with Crippen LogP contribution < -0.4 is 4.73 Å². The molecule has 5 aromatic rings. The highest BCUT2D eigenvalue weighted by atomic mass is 35.5. The number of tetrazole rings is 1. The van der Waals surface area contributed by atoms with Gasteiger partial charge >= 0.3 is 6.55 Å². The Hall–Kier alpha value is -4.01. The number of nitrogens with zero attached hydrogens (tertiary/aromatic N) is 9. The minimum atomic E-state index is -2.92. The van der Waals surface area contributed by atoms with Crippen molar-refractivity contribution in [3.63, 3.8) is 0 Å². The van der Waals surface area contributed by atoms with Crippen molar-refractivity contribution < 1.29 is 22.6 Å². The van der Waals surface area contributed by atoms with Crippen molar-refractivity contribution in [3.05, 3.63) is 82.1 Å². The van der Waals surface area contributed by atoms with E-state index >= 15 is 4.39 Å². The highest BCUT2D eigenvalue weighted by Gasteiger charge is 2.27. The van der Waals surface area contributed by atoms with Gasteiger partial charge in [-0.15, -0.1) is 5.10 Å². The first-order valence-corrected chi connectivity index (χ1v) is 12.0. The number of halogens is 5. The molecule has 0 spiro atoms. The Labute approximate surface area is 228 Å². The van der Waals surface area contributed by atoms with Crippen molar-refractivity contribution >= 4 is 23.2 Å². The molecule has 0 saturated carbocycles. The summed E-state index contributed by atoms with van der Waals surface area (Å²) in [6.07, 6.45) is 6.75. The van der Waals surface area contributed by atoms with Gasteiger partial charge in [0.2, 0.25) is 5.69 Å². The molecule has 16 heteroatoms. The van der Waals surface area contributed by atoms with E-state index in [1.165, 1.54) is 59.6 Å². The van der Waals surface area contributed by atoms with Crippen LogP contribution in [0.15, 0.2) is 55.4 Å². The Kier molecular flexibility index (Phi) is 7.50. The summed E-state index contributed by atoms with van der Waals surface area (Å²) < 4.78 is 51.0. The molecule has 0 saturated heterocycles. The number of aromatic nitrogens is 9. The highest BCUT2D eigenvalue weighted by molar-refractivity contribution is 6.33. The van der Waals surface area contributed by atoms with Gasteiger partial charge in [0.05, 0.1) is 44.9 Å². The van der Waals surface area contributed by atoms with Gasteiger partial charge in [0.15, 0.2) is 12.0 Å². The molecule has 1 aromatic carbocycles. The van der Waals surface area contributed by atoms with Crippen molar-refractivity contribution in [3.8, 4) is 28.1 Å². The average molecular weight is 580 g/mol. The molecule has 5 rings (SSSR count). The number of hydrogen-bond donors (Lipinski definition) is 0. The number of rotatable bonds is 9. The van der Waals surface area contributed by atoms with Gasteiger partial charge in [-0.2, -0.15) is 28.4 Å². The summed E-state index contributed by atoms with van der Waals surface area (Å²) in [6.45, 7) is -2.66. The van der Waals surface area contributed by atoms with Gasteiger partial charge in [0.1, 0.15) is 12.4 Å². The molecule has 0 fully saturated rings. The van der Waals surface area contributed by atoms with Crippen molar-refractivity contribution in [2.45, 2.75) is 19.0 Å². The zero-order valence-electron chi connectivity index (χ0n) is 20.0. The molecule has 1 atom stereocenters. The molecule has 11 nitrogen and oxygen atoms in total. The third-order valence-corrected chi connectivity index (χ3v) is 6.54. The smallest absolute Gasteiger partial charge is 0.333 e. The van der Waals surface area contributed by atoms with Crippen LogP contribution in [-0.2, 0) is 4.74 Å². The molecule has 0 radical (unpaired) electrons. The topological polar surface area (TPSA) is 115 Å². The van der Waals surface area contributed by atoms with Crippen molar-refractivity contribution in [2.24, 2.45) is 0 Å². The summed E-state index contributed by atoms with van der Waals surface area (Å²) in [7, 11) is 1.50. The van der Waals surface area contributed by atoms with E-state index in [2.05, 4.69) is 25.7 Å². The second-order valence-corrected chi connectivity index (χ2v) is 9.06. The number of ether oxygens (including phenoxy) is 1. The van der Waals surface area contributed by atoms with Gasteiger partial charge in [-0.05, 0) is 28.6 Å². The van der Waals surface area contributed by atoms with Crippen LogP contribution in [0.2, 0.25) is 10.0 Å². The number of hydrogen-bond acceptors (Lipinski definition) is 7. The lowest BCUT2D eigenvalue weighted by molar-refractivity contribution is -0.615. The van der Waals surface area contributed by atoms with Crippen LogP contribution in [0.25, 0.3) is 28.1 Å². The lowest BCUT2D eigenvalue weighted by Crippen LogP contribution is -2.36. The molecule has 202 valence electrons. The second kappa shape index (κ2) is 11.0. The third-order valence-electron chi connectivity index (χ3n) is 5.97. The molecule has 0 aliphatic heterocycles. The quantitative estimate of drug-likeness (QED) is 0.186. The van der Waals surface area contributed by atoms with E-state index in [0.717, 1.165) is 6.20 Å². The van der Waals surface area contributed by atoms with Crippen LogP contribution >= 0.6 is 23.2 Å². The van der Waals surface area contributed by atoms with Gasteiger partial charge in [0.25, 0.3) is 0 Å². The molecule has 0 bridgehead atoms. The first kappa shape index (κ1) is 26.6. The Bertz CT molecular complexity index is 1610. The lowest BCUT2D eigenvalue weighted by atomic mass is 10.0. The molecular weight excluding hydrogens is 562 g/mol. The van der Waals surface area contributed by atoms with Gasteiger partial charge in [-0.3, -0.25) is 4.68 Å². The number of pyridine rings is 1. The predicted octanol–water partition coefficient (Wildman–Crippen LogP) is 4.49. The normalized spacial score (nSPS) is 12.4. The third kappa shape index (κ3) is 5.05. The second-order valence-electron chi connectivity index (χ2n) is 8.25. The lowest BCUT2D eigenvalue weighted by Gasteiger charge is -2.18. The fourth-order valence-electron chi connectivity index (χ4n) is 4.21. The van der Waals surface area contributed by atoms with Crippen molar-refractivity contribution in [1.29, 1.82) is 0 Å². The first-order valence-electron chi connectivity index (χ1n) is 11.3. The molecule has 0 unspecified atom stereocenters. The van der Waals surface area contributed by atoms with Crippen LogP contribution in [-0.4, -0.2) is 53.5 Å². The Morgan fingerprint density at radius 3 is 2.59 bits per heavy atom.